The fourth-order valence-electron chi connectivity index (χ4n) is 5.61. The molecule has 2 bridgehead atoms. The first-order valence-corrected chi connectivity index (χ1v) is 13.3. The van der Waals surface area contributed by atoms with E-state index in [4.69, 9.17) is 4.74 Å². The molecule has 1 unspecified atom stereocenters. The summed E-state index contributed by atoms with van der Waals surface area (Å²) >= 11 is 1.39. The Hall–Kier alpha value is -4.31. The van der Waals surface area contributed by atoms with Crippen molar-refractivity contribution in [2.45, 2.75) is 29.8 Å². The first kappa shape index (κ1) is 23.8. The van der Waals surface area contributed by atoms with Gasteiger partial charge in [0.25, 0.3) is 5.91 Å². The van der Waals surface area contributed by atoms with Crippen LogP contribution >= 0.6 is 11.8 Å². The minimum atomic E-state index is -1.01. The third-order valence-corrected chi connectivity index (χ3v) is 8.59. The number of ether oxygens (including phenoxy) is 1. The molecule has 0 fully saturated rings. The third kappa shape index (κ3) is 3.62. The fraction of sp³-hybridized carbons (Fsp3) is 0.172. The molecule has 7 rings (SSSR count). The van der Waals surface area contributed by atoms with Crippen LogP contribution < -0.4 is 15.2 Å². The summed E-state index contributed by atoms with van der Waals surface area (Å²) in [7, 11) is 0. The van der Waals surface area contributed by atoms with E-state index < -0.39 is 34.8 Å². The van der Waals surface area contributed by atoms with Crippen LogP contribution in [0.3, 0.4) is 0 Å². The van der Waals surface area contributed by atoms with E-state index in [9.17, 15) is 19.1 Å². The second-order valence-corrected chi connectivity index (χ2v) is 10.7. The van der Waals surface area contributed by atoms with E-state index in [0.29, 0.717) is 5.56 Å². The molecule has 0 spiro atoms. The molecular weight excluding hydrogens is 524 g/mol. The standard InChI is InChI=1S/C29H21F2N3O4S/c30-20-11-22-24-19(25(20)31)14-39-23-8-4-3-7-18(23)26(24)34-15-32(12-16-5-1-2-6-17(16)13-38-22)29(37)27-28(36)21(35)9-10-33(27)34/h1-11,26,36H,12-15H2. The second-order valence-electron chi connectivity index (χ2n) is 9.65. The molecular formula is C29H21F2N3O4S. The minimum Gasteiger partial charge on any atom is -0.502 e. The fourth-order valence-corrected chi connectivity index (χ4v) is 6.71. The number of pyridine rings is 1. The number of hydrogen-bond donors (Lipinski definition) is 1. The normalized spacial score (nSPS) is 17.6. The van der Waals surface area contributed by atoms with E-state index in [1.165, 1.54) is 28.7 Å². The molecule has 39 heavy (non-hydrogen) atoms. The lowest BCUT2D eigenvalue weighted by molar-refractivity contribution is 0.0664. The van der Waals surface area contributed by atoms with Crippen molar-refractivity contribution in [3.05, 3.63) is 122 Å². The second kappa shape index (κ2) is 8.88. The van der Waals surface area contributed by atoms with Gasteiger partial charge in [-0.3, -0.25) is 19.3 Å². The lowest BCUT2D eigenvalue weighted by Gasteiger charge is -2.44. The number of nitrogens with zero attached hydrogens (tertiary/aromatic N) is 3. The van der Waals surface area contributed by atoms with E-state index >= 15 is 4.39 Å². The number of benzene rings is 3. The van der Waals surface area contributed by atoms with Crippen LogP contribution in [0.5, 0.6) is 11.5 Å². The number of amides is 1. The van der Waals surface area contributed by atoms with Crippen molar-refractivity contribution in [2.75, 3.05) is 11.7 Å². The highest BCUT2D eigenvalue weighted by atomic mass is 32.2. The summed E-state index contributed by atoms with van der Waals surface area (Å²) < 4.78 is 38.2. The van der Waals surface area contributed by atoms with Gasteiger partial charge in [0, 0.05) is 46.6 Å². The Balaban J connectivity index is 1.58. The van der Waals surface area contributed by atoms with Crippen LogP contribution in [0.15, 0.2) is 76.6 Å². The molecule has 0 saturated heterocycles. The number of halogens is 2. The molecule has 3 aliphatic heterocycles. The van der Waals surface area contributed by atoms with Crippen LogP contribution in [0.1, 0.15) is 44.3 Å². The van der Waals surface area contributed by atoms with Crippen molar-refractivity contribution in [2.24, 2.45) is 0 Å². The first-order valence-electron chi connectivity index (χ1n) is 12.3. The highest BCUT2D eigenvalue weighted by Crippen LogP contribution is 2.48. The smallest absolute Gasteiger partial charge is 0.278 e. The molecule has 1 amide bonds. The van der Waals surface area contributed by atoms with Crippen LogP contribution in [0.2, 0.25) is 0 Å². The molecule has 0 saturated carbocycles. The van der Waals surface area contributed by atoms with Gasteiger partial charge in [-0.05, 0) is 22.8 Å². The summed E-state index contributed by atoms with van der Waals surface area (Å²) in [6.07, 6.45) is 1.43. The molecule has 3 aromatic carbocycles. The minimum absolute atomic E-state index is 0.0457. The molecule has 4 heterocycles. The van der Waals surface area contributed by atoms with Crippen molar-refractivity contribution < 1.29 is 23.4 Å². The zero-order chi connectivity index (χ0) is 26.8. The Morgan fingerprint density at radius 1 is 1.00 bits per heavy atom. The summed E-state index contributed by atoms with van der Waals surface area (Å²) in [5.74, 6) is -2.78. The molecule has 4 aromatic rings. The van der Waals surface area contributed by atoms with Crippen LogP contribution in [0.25, 0.3) is 0 Å². The van der Waals surface area contributed by atoms with Gasteiger partial charge >= 0.3 is 0 Å². The Bertz CT molecular complexity index is 1740. The lowest BCUT2D eigenvalue weighted by Crippen LogP contribution is -2.55. The quantitative estimate of drug-likeness (QED) is 0.346. The summed E-state index contributed by atoms with van der Waals surface area (Å²) in [5.41, 5.74) is 2.10. The molecule has 0 aliphatic carbocycles. The van der Waals surface area contributed by atoms with Crippen LogP contribution in [0.4, 0.5) is 8.78 Å². The van der Waals surface area contributed by atoms with Gasteiger partial charge < -0.3 is 14.7 Å². The van der Waals surface area contributed by atoms with E-state index in [1.54, 1.807) is 9.91 Å². The van der Waals surface area contributed by atoms with Crippen molar-refractivity contribution in [3.63, 3.8) is 0 Å². The van der Waals surface area contributed by atoms with Gasteiger partial charge in [-0.2, -0.15) is 0 Å². The van der Waals surface area contributed by atoms with Gasteiger partial charge in [0.15, 0.2) is 23.1 Å². The Kier molecular flexibility index (Phi) is 5.41. The number of hydrogen-bond acceptors (Lipinski definition) is 6. The SMILES string of the molecule is O=C1c2c(O)c(=O)ccn2N2CN1Cc1ccccc1COc1cc(F)c(F)c3c1C2c1ccccc1SC3. The molecule has 7 nitrogen and oxygen atoms in total. The molecule has 196 valence electrons. The largest absolute Gasteiger partial charge is 0.502 e. The van der Waals surface area contributed by atoms with Crippen LogP contribution in [-0.2, 0) is 18.9 Å². The molecule has 3 aliphatic rings. The van der Waals surface area contributed by atoms with Crippen molar-refractivity contribution >= 4 is 17.7 Å². The van der Waals surface area contributed by atoms with Crippen molar-refractivity contribution in [1.82, 2.24) is 9.58 Å². The van der Waals surface area contributed by atoms with Crippen molar-refractivity contribution in [3.8, 4) is 11.5 Å². The lowest BCUT2D eigenvalue weighted by atomic mass is 9.92. The number of carbonyl (C=O) groups is 1. The first-order chi connectivity index (χ1) is 18.9. The van der Waals surface area contributed by atoms with E-state index in [-0.39, 0.29) is 42.6 Å². The topological polar surface area (TPSA) is 75.0 Å². The van der Waals surface area contributed by atoms with Crippen molar-refractivity contribution in [1.29, 1.82) is 0 Å². The summed E-state index contributed by atoms with van der Waals surface area (Å²) in [5, 5.41) is 12.6. The van der Waals surface area contributed by atoms with Gasteiger partial charge in [0.1, 0.15) is 25.1 Å². The Morgan fingerprint density at radius 3 is 2.62 bits per heavy atom. The zero-order valence-electron chi connectivity index (χ0n) is 20.4. The highest BCUT2D eigenvalue weighted by Gasteiger charge is 2.41. The van der Waals surface area contributed by atoms with Gasteiger partial charge in [0.2, 0.25) is 5.43 Å². The number of aromatic nitrogens is 1. The monoisotopic (exact) mass is 545 g/mol. The van der Waals surface area contributed by atoms with Crippen LogP contribution in [0, 0.1) is 11.6 Å². The number of aromatic hydroxyl groups is 1. The third-order valence-electron chi connectivity index (χ3n) is 7.48. The zero-order valence-corrected chi connectivity index (χ0v) is 21.3. The van der Waals surface area contributed by atoms with Gasteiger partial charge in [-0.25, -0.2) is 8.78 Å². The predicted molar refractivity (Wildman–Crippen MR) is 140 cm³/mol. The van der Waals surface area contributed by atoms with E-state index in [2.05, 4.69) is 0 Å². The number of fused-ring (bicyclic) bond motifs is 8. The molecule has 1 atom stereocenters. The number of thioether (sulfide) groups is 1. The molecule has 1 aromatic heterocycles. The Labute approximate surface area is 225 Å². The molecule has 10 heteroatoms. The van der Waals surface area contributed by atoms with E-state index in [0.717, 1.165) is 27.7 Å². The van der Waals surface area contributed by atoms with Crippen LogP contribution in [-0.4, -0.2) is 27.3 Å². The molecule has 1 N–H and O–H groups in total. The van der Waals surface area contributed by atoms with Gasteiger partial charge in [-0.1, -0.05) is 42.5 Å². The average molecular weight is 546 g/mol. The number of rotatable bonds is 0. The Morgan fingerprint density at radius 2 is 1.77 bits per heavy atom. The van der Waals surface area contributed by atoms with Gasteiger partial charge in [-0.15, -0.1) is 11.8 Å². The summed E-state index contributed by atoms with van der Waals surface area (Å²) in [4.78, 5) is 28.6. The van der Waals surface area contributed by atoms with E-state index in [1.807, 2.05) is 48.5 Å². The average Bonchev–Trinajstić information content (AvgIpc) is 3.12. The predicted octanol–water partition coefficient (Wildman–Crippen LogP) is 4.67. The molecule has 0 radical (unpaired) electrons. The maximum absolute atomic E-state index is 15.5. The summed E-state index contributed by atoms with van der Waals surface area (Å²) in [6, 6.07) is 16.5. The maximum atomic E-state index is 15.5. The maximum Gasteiger partial charge on any atom is 0.278 e. The van der Waals surface area contributed by atoms with Gasteiger partial charge in [0.05, 0.1) is 0 Å². The highest BCUT2D eigenvalue weighted by molar-refractivity contribution is 7.98. The number of carbonyl (C=O) groups excluding carboxylic acids is 1. The summed E-state index contributed by atoms with van der Waals surface area (Å²) in [6.45, 7) is 0.295.